The first-order valence-corrected chi connectivity index (χ1v) is 8.43. The molecule has 6 heteroatoms. The van der Waals surface area contributed by atoms with Gasteiger partial charge in [-0.05, 0) is 42.2 Å². The molecule has 0 radical (unpaired) electrons. The number of halogens is 2. The molecular formula is C16H17F2NO2S. The molecule has 118 valence electrons. The summed E-state index contributed by atoms with van der Waals surface area (Å²) < 4.78 is 52.3. The Kier molecular flexibility index (Phi) is 5.26. The van der Waals surface area contributed by atoms with Gasteiger partial charge in [0, 0.05) is 6.54 Å². The topological polar surface area (TPSA) is 46.2 Å². The first-order valence-electron chi connectivity index (χ1n) is 6.95. The highest BCUT2D eigenvalue weighted by molar-refractivity contribution is 7.89. The van der Waals surface area contributed by atoms with E-state index in [2.05, 4.69) is 11.6 Å². The number of nitrogens with one attached hydrogen (secondary N) is 1. The molecule has 2 rings (SSSR count). The number of sulfonamides is 1. The van der Waals surface area contributed by atoms with Crippen molar-refractivity contribution in [2.24, 2.45) is 0 Å². The lowest BCUT2D eigenvalue weighted by molar-refractivity contribution is 0.504. The third kappa shape index (κ3) is 4.11. The van der Waals surface area contributed by atoms with Crippen molar-refractivity contribution in [3.05, 3.63) is 65.2 Å². The zero-order chi connectivity index (χ0) is 16.2. The van der Waals surface area contributed by atoms with Crippen molar-refractivity contribution in [1.29, 1.82) is 0 Å². The number of hydrogen-bond donors (Lipinski definition) is 1. The Labute approximate surface area is 129 Å². The number of rotatable bonds is 6. The van der Waals surface area contributed by atoms with Crippen molar-refractivity contribution in [2.45, 2.75) is 24.7 Å². The first kappa shape index (κ1) is 16.6. The fraction of sp³-hybridized carbons (Fsp3) is 0.250. The summed E-state index contributed by atoms with van der Waals surface area (Å²) in [7, 11) is -3.84. The largest absolute Gasteiger partial charge is 0.240 e. The van der Waals surface area contributed by atoms with Gasteiger partial charge < -0.3 is 0 Å². The van der Waals surface area contributed by atoms with Gasteiger partial charge in [0.1, 0.15) is 0 Å². The Balaban J connectivity index is 1.98. The SMILES string of the molecule is CCc1ccc(CCNS(=O)(=O)c2ccc(F)c(F)c2)cc1. The molecule has 0 aliphatic carbocycles. The lowest BCUT2D eigenvalue weighted by Crippen LogP contribution is -2.26. The molecule has 3 nitrogen and oxygen atoms in total. The second-order valence-electron chi connectivity index (χ2n) is 4.89. The molecule has 0 aromatic heterocycles. The van der Waals surface area contributed by atoms with E-state index in [9.17, 15) is 17.2 Å². The van der Waals surface area contributed by atoms with Crippen LogP contribution in [-0.4, -0.2) is 15.0 Å². The highest BCUT2D eigenvalue weighted by Gasteiger charge is 2.15. The van der Waals surface area contributed by atoms with E-state index in [0.717, 1.165) is 24.1 Å². The van der Waals surface area contributed by atoms with Gasteiger partial charge in [0.15, 0.2) is 11.6 Å². The molecule has 0 amide bonds. The summed E-state index contributed by atoms with van der Waals surface area (Å²) in [6.07, 6.45) is 1.47. The summed E-state index contributed by atoms with van der Waals surface area (Å²) in [6, 6.07) is 10.4. The van der Waals surface area contributed by atoms with Gasteiger partial charge in [-0.3, -0.25) is 0 Å². The average Bonchev–Trinajstić information content (AvgIpc) is 2.50. The molecule has 0 atom stereocenters. The van der Waals surface area contributed by atoms with Crippen LogP contribution in [0.1, 0.15) is 18.1 Å². The molecule has 0 fully saturated rings. The van der Waals surface area contributed by atoms with Crippen molar-refractivity contribution in [3.63, 3.8) is 0 Å². The first-order chi connectivity index (χ1) is 10.4. The maximum absolute atomic E-state index is 13.1. The van der Waals surface area contributed by atoms with Gasteiger partial charge in [0.05, 0.1) is 4.90 Å². The van der Waals surface area contributed by atoms with Crippen LogP contribution in [0.3, 0.4) is 0 Å². The van der Waals surface area contributed by atoms with Crippen LogP contribution < -0.4 is 4.72 Å². The van der Waals surface area contributed by atoms with Crippen LogP contribution in [0.4, 0.5) is 8.78 Å². The Morgan fingerprint density at radius 1 is 0.955 bits per heavy atom. The van der Waals surface area contributed by atoms with Crippen LogP contribution in [-0.2, 0) is 22.9 Å². The molecule has 2 aromatic rings. The standard InChI is InChI=1S/C16H17F2NO2S/c1-2-12-3-5-13(6-4-12)9-10-19-22(20,21)14-7-8-15(17)16(18)11-14/h3-8,11,19H,2,9-10H2,1H3. The highest BCUT2D eigenvalue weighted by Crippen LogP contribution is 2.13. The van der Waals surface area contributed by atoms with Crippen LogP contribution >= 0.6 is 0 Å². The van der Waals surface area contributed by atoms with E-state index in [1.54, 1.807) is 0 Å². The highest BCUT2D eigenvalue weighted by atomic mass is 32.2. The molecule has 0 aliphatic rings. The molecule has 2 aromatic carbocycles. The maximum Gasteiger partial charge on any atom is 0.240 e. The molecule has 0 spiro atoms. The van der Waals surface area contributed by atoms with Crippen molar-refractivity contribution in [3.8, 4) is 0 Å². The minimum Gasteiger partial charge on any atom is -0.211 e. The van der Waals surface area contributed by atoms with Gasteiger partial charge in [-0.1, -0.05) is 31.2 Å². The predicted molar refractivity (Wildman–Crippen MR) is 81.1 cm³/mol. The Morgan fingerprint density at radius 2 is 1.59 bits per heavy atom. The van der Waals surface area contributed by atoms with E-state index in [0.29, 0.717) is 12.5 Å². The Hall–Kier alpha value is -1.79. The summed E-state index contributed by atoms with van der Waals surface area (Å²) in [4.78, 5) is -0.285. The smallest absolute Gasteiger partial charge is 0.211 e. The van der Waals surface area contributed by atoms with Gasteiger partial charge in [0.25, 0.3) is 0 Å². The summed E-state index contributed by atoms with van der Waals surface area (Å²) in [5, 5.41) is 0. The molecular weight excluding hydrogens is 308 g/mol. The van der Waals surface area contributed by atoms with E-state index in [1.807, 2.05) is 24.3 Å². The minimum atomic E-state index is -3.84. The van der Waals surface area contributed by atoms with Crippen molar-refractivity contribution < 1.29 is 17.2 Å². The van der Waals surface area contributed by atoms with Gasteiger partial charge in [-0.2, -0.15) is 0 Å². The van der Waals surface area contributed by atoms with Gasteiger partial charge >= 0.3 is 0 Å². The van der Waals surface area contributed by atoms with Crippen LogP contribution in [0.25, 0.3) is 0 Å². The third-order valence-electron chi connectivity index (χ3n) is 3.34. The maximum atomic E-state index is 13.1. The molecule has 0 unspecified atom stereocenters. The summed E-state index contributed by atoms with van der Waals surface area (Å²) in [5.74, 6) is -2.26. The van der Waals surface area contributed by atoms with Crippen molar-refractivity contribution in [1.82, 2.24) is 4.72 Å². The number of benzene rings is 2. The van der Waals surface area contributed by atoms with Crippen molar-refractivity contribution >= 4 is 10.0 Å². The lowest BCUT2D eigenvalue weighted by atomic mass is 10.1. The molecule has 0 heterocycles. The van der Waals surface area contributed by atoms with Gasteiger partial charge in [0.2, 0.25) is 10.0 Å². The average molecular weight is 325 g/mol. The molecule has 1 N–H and O–H groups in total. The fourth-order valence-electron chi connectivity index (χ4n) is 2.00. The van der Waals surface area contributed by atoms with E-state index in [4.69, 9.17) is 0 Å². The second-order valence-corrected chi connectivity index (χ2v) is 6.66. The normalized spacial score (nSPS) is 11.6. The van der Waals surface area contributed by atoms with E-state index < -0.39 is 21.7 Å². The fourth-order valence-corrected chi connectivity index (χ4v) is 3.04. The summed E-state index contributed by atoms with van der Waals surface area (Å²) >= 11 is 0. The lowest BCUT2D eigenvalue weighted by Gasteiger charge is -2.07. The molecule has 0 saturated heterocycles. The van der Waals surface area contributed by atoms with Crippen LogP contribution in [0, 0.1) is 11.6 Å². The Morgan fingerprint density at radius 3 is 2.18 bits per heavy atom. The minimum absolute atomic E-state index is 0.187. The Bertz CT molecular complexity index is 743. The zero-order valence-corrected chi connectivity index (χ0v) is 13.0. The monoisotopic (exact) mass is 325 g/mol. The predicted octanol–water partition coefficient (Wildman–Crippen LogP) is 3.05. The second kappa shape index (κ2) is 6.98. The number of hydrogen-bond acceptors (Lipinski definition) is 2. The quantitative estimate of drug-likeness (QED) is 0.887. The summed E-state index contributed by atoms with van der Waals surface area (Å²) in [5.41, 5.74) is 2.22. The van der Waals surface area contributed by atoms with E-state index in [-0.39, 0.29) is 11.4 Å². The molecule has 0 aliphatic heterocycles. The van der Waals surface area contributed by atoms with Gasteiger partial charge in [-0.25, -0.2) is 21.9 Å². The number of aryl methyl sites for hydroxylation is 1. The van der Waals surface area contributed by atoms with E-state index >= 15 is 0 Å². The van der Waals surface area contributed by atoms with Gasteiger partial charge in [-0.15, -0.1) is 0 Å². The molecule has 22 heavy (non-hydrogen) atoms. The van der Waals surface area contributed by atoms with E-state index in [1.165, 1.54) is 5.56 Å². The van der Waals surface area contributed by atoms with Crippen LogP contribution in [0.5, 0.6) is 0 Å². The molecule has 0 saturated carbocycles. The third-order valence-corrected chi connectivity index (χ3v) is 4.80. The zero-order valence-electron chi connectivity index (χ0n) is 12.1. The van der Waals surface area contributed by atoms with Crippen LogP contribution in [0.15, 0.2) is 47.4 Å². The van der Waals surface area contributed by atoms with Crippen molar-refractivity contribution in [2.75, 3.05) is 6.54 Å². The molecule has 0 bridgehead atoms. The summed E-state index contributed by atoms with van der Waals surface area (Å²) in [6.45, 7) is 2.25. The van der Waals surface area contributed by atoms with Crippen LogP contribution in [0.2, 0.25) is 0 Å².